The van der Waals surface area contributed by atoms with E-state index < -0.39 is 5.67 Å². The summed E-state index contributed by atoms with van der Waals surface area (Å²) in [6.07, 6.45) is 7.91. The van der Waals surface area contributed by atoms with Gasteiger partial charge in [-0.15, -0.1) is 0 Å². The van der Waals surface area contributed by atoms with Crippen molar-refractivity contribution in [3.8, 4) is 0 Å². The van der Waals surface area contributed by atoms with Crippen LogP contribution in [0.15, 0.2) is 0 Å². The minimum Gasteiger partial charge on any atom is -0.314 e. The SMILES string of the molecule is CC(F)(CC1CCCCN1)C1CCC1. The molecule has 1 saturated carbocycles. The summed E-state index contributed by atoms with van der Waals surface area (Å²) in [5.41, 5.74) is -0.909. The van der Waals surface area contributed by atoms with Gasteiger partial charge in [0, 0.05) is 6.04 Å². The number of hydrogen-bond donors (Lipinski definition) is 1. The predicted molar refractivity (Wildman–Crippen MR) is 57.1 cm³/mol. The lowest BCUT2D eigenvalue weighted by Crippen LogP contribution is -2.44. The maximum absolute atomic E-state index is 14.3. The van der Waals surface area contributed by atoms with E-state index in [0.29, 0.717) is 12.0 Å². The first kappa shape index (κ1) is 10.4. The summed E-state index contributed by atoms with van der Waals surface area (Å²) >= 11 is 0. The smallest absolute Gasteiger partial charge is 0.112 e. The van der Waals surface area contributed by atoms with Crippen LogP contribution in [0.5, 0.6) is 0 Å². The highest BCUT2D eigenvalue weighted by atomic mass is 19.1. The fraction of sp³-hybridized carbons (Fsp3) is 1.00. The summed E-state index contributed by atoms with van der Waals surface area (Å²) in [5, 5.41) is 3.44. The number of hydrogen-bond acceptors (Lipinski definition) is 1. The van der Waals surface area contributed by atoms with E-state index >= 15 is 0 Å². The van der Waals surface area contributed by atoms with Crippen molar-refractivity contribution in [2.24, 2.45) is 5.92 Å². The third kappa shape index (κ3) is 2.28. The molecule has 1 N–H and O–H groups in total. The topological polar surface area (TPSA) is 12.0 Å². The zero-order valence-corrected chi connectivity index (χ0v) is 9.19. The zero-order chi connectivity index (χ0) is 10.0. The lowest BCUT2D eigenvalue weighted by atomic mass is 9.72. The fourth-order valence-electron chi connectivity index (χ4n) is 2.76. The Bertz CT molecular complexity index is 181. The minimum atomic E-state index is -0.909. The van der Waals surface area contributed by atoms with Crippen LogP contribution in [-0.2, 0) is 0 Å². The molecule has 2 atom stereocenters. The summed E-state index contributed by atoms with van der Waals surface area (Å²) in [6, 6.07) is 0.444. The van der Waals surface area contributed by atoms with Crippen LogP contribution in [0.25, 0.3) is 0 Å². The first-order valence-corrected chi connectivity index (χ1v) is 6.11. The van der Waals surface area contributed by atoms with Gasteiger partial charge in [0.1, 0.15) is 5.67 Å². The average molecular weight is 199 g/mol. The van der Waals surface area contributed by atoms with Gasteiger partial charge in [-0.1, -0.05) is 12.8 Å². The van der Waals surface area contributed by atoms with Crippen molar-refractivity contribution in [1.82, 2.24) is 5.32 Å². The third-order valence-corrected chi connectivity index (χ3v) is 4.01. The predicted octanol–water partition coefficient (Wildman–Crippen LogP) is 3.05. The van der Waals surface area contributed by atoms with Gasteiger partial charge in [0.2, 0.25) is 0 Å². The lowest BCUT2D eigenvalue weighted by molar-refractivity contribution is 0.0288. The van der Waals surface area contributed by atoms with Crippen molar-refractivity contribution in [2.75, 3.05) is 6.54 Å². The molecule has 0 aromatic carbocycles. The molecule has 2 heteroatoms. The highest BCUT2D eigenvalue weighted by molar-refractivity contribution is 4.92. The van der Waals surface area contributed by atoms with Crippen molar-refractivity contribution in [2.45, 2.75) is 63.6 Å². The Balaban J connectivity index is 1.81. The average Bonchev–Trinajstić information content (AvgIpc) is 2.00. The maximum atomic E-state index is 14.3. The van der Waals surface area contributed by atoms with E-state index in [1.165, 1.54) is 25.7 Å². The van der Waals surface area contributed by atoms with Crippen molar-refractivity contribution in [3.63, 3.8) is 0 Å². The maximum Gasteiger partial charge on any atom is 0.112 e. The molecule has 2 rings (SSSR count). The minimum absolute atomic E-state index is 0.353. The van der Waals surface area contributed by atoms with Crippen LogP contribution in [0.4, 0.5) is 4.39 Å². The van der Waals surface area contributed by atoms with E-state index in [2.05, 4.69) is 5.32 Å². The number of nitrogens with one attached hydrogen (secondary N) is 1. The quantitative estimate of drug-likeness (QED) is 0.736. The van der Waals surface area contributed by atoms with Gasteiger partial charge in [0.15, 0.2) is 0 Å². The second kappa shape index (κ2) is 4.18. The van der Waals surface area contributed by atoms with Crippen molar-refractivity contribution < 1.29 is 4.39 Å². The van der Waals surface area contributed by atoms with Gasteiger partial charge in [-0.05, 0) is 51.5 Å². The van der Waals surface area contributed by atoms with Crippen LogP contribution in [-0.4, -0.2) is 18.3 Å². The molecule has 1 saturated heterocycles. The summed E-state index contributed by atoms with van der Waals surface area (Å²) in [5.74, 6) is 0.353. The number of piperidine rings is 1. The van der Waals surface area contributed by atoms with E-state index in [0.717, 1.165) is 25.8 Å². The van der Waals surface area contributed by atoms with E-state index in [9.17, 15) is 4.39 Å². The van der Waals surface area contributed by atoms with Crippen molar-refractivity contribution in [3.05, 3.63) is 0 Å². The van der Waals surface area contributed by atoms with Crippen molar-refractivity contribution >= 4 is 0 Å². The third-order valence-electron chi connectivity index (χ3n) is 4.01. The Labute approximate surface area is 86.5 Å². The number of halogens is 1. The number of rotatable bonds is 3. The molecule has 0 spiro atoms. The van der Waals surface area contributed by atoms with Gasteiger partial charge in [0.25, 0.3) is 0 Å². The Morgan fingerprint density at radius 1 is 1.21 bits per heavy atom. The Hall–Kier alpha value is -0.110. The highest BCUT2D eigenvalue weighted by Gasteiger charge is 2.39. The van der Waals surface area contributed by atoms with Gasteiger partial charge >= 0.3 is 0 Å². The Kier molecular flexibility index (Phi) is 3.10. The van der Waals surface area contributed by atoms with Crippen molar-refractivity contribution in [1.29, 1.82) is 0 Å². The van der Waals surface area contributed by atoms with Crippen LogP contribution >= 0.6 is 0 Å². The van der Waals surface area contributed by atoms with Crippen LogP contribution in [0.1, 0.15) is 51.9 Å². The van der Waals surface area contributed by atoms with Gasteiger partial charge in [-0.2, -0.15) is 0 Å². The van der Waals surface area contributed by atoms with Gasteiger partial charge in [0.05, 0.1) is 0 Å². The molecular weight excluding hydrogens is 177 g/mol. The molecule has 1 heterocycles. The fourth-order valence-corrected chi connectivity index (χ4v) is 2.76. The molecule has 1 aliphatic carbocycles. The molecule has 0 amide bonds. The lowest BCUT2D eigenvalue weighted by Gasteiger charge is -2.39. The van der Waals surface area contributed by atoms with Crippen LogP contribution in [0.2, 0.25) is 0 Å². The molecule has 0 bridgehead atoms. The molecule has 2 aliphatic rings. The zero-order valence-electron chi connectivity index (χ0n) is 9.19. The molecule has 0 aromatic rings. The molecule has 14 heavy (non-hydrogen) atoms. The van der Waals surface area contributed by atoms with E-state index in [1.54, 1.807) is 0 Å². The summed E-state index contributed by atoms with van der Waals surface area (Å²) in [7, 11) is 0. The molecule has 2 fully saturated rings. The van der Waals surface area contributed by atoms with E-state index in [1.807, 2.05) is 6.92 Å². The van der Waals surface area contributed by atoms with Gasteiger partial charge < -0.3 is 5.32 Å². The standard InChI is InChI=1S/C12H22FN/c1-12(13,10-5-4-6-10)9-11-7-2-3-8-14-11/h10-11,14H,2-9H2,1H3. The van der Waals surface area contributed by atoms with Crippen LogP contribution in [0, 0.1) is 5.92 Å². The van der Waals surface area contributed by atoms with Crippen LogP contribution < -0.4 is 5.32 Å². The molecule has 82 valence electrons. The molecule has 2 unspecified atom stereocenters. The summed E-state index contributed by atoms with van der Waals surface area (Å²) in [6.45, 7) is 2.90. The monoisotopic (exact) mass is 199 g/mol. The second-order valence-corrected chi connectivity index (χ2v) is 5.26. The molecule has 1 nitrogen and oxygen atoms in total. The highest BCUT2D eigenvalue weighted by Crippen LogP contribution is 2.41. The van der Waals surface area contributed by atoms with E-state index in [-0.39, 0.29) is 0 Å². The summed E-state index contributed by atoms with van der Waals surface area (Å²) < 4.78 is 14.3. The molecular formula is C12H22FN. The molecule has 0 aromatic heterocycles. The Morgan fingerprint density at radius 3 is 2.50 bits per heavy atom. The van der Waals surface area contributed by atoms with Crippen LogP contribution in [0.3, 0.4) is 0 Å². The van der Waals surface area contributed by atoms with E-state index in [4.69, 9.17) is 0 Å². The first-order valence-electron chi connectivity index (χ1n) is 6.11. The van der Waals surface area contributed by atoms with Gasteiger partial charge in [-0.3, -0.25) is 0 Å². The first-order chi connectivity index (χ1) is 6.68. The second-order valence-electron chi connectivity index (χ2n) is 5.26. The Morgan fingerprint density at radius 2 is 2.00 bits per heavy atom. The number of alkyl halides is 1. The molecule has 0 radical (unpaired) electrons. The largest absolute Gasteiger partial charge is 0.314 e. The summed E-state index contributed by atoms with van der Waals surface area (Å²) in [4.78, 5) is 0. The normalized spacial score (nSPS) is 33.4. The van der Waals surface area contributed by atoms with Gasteiger partial charge in [-0.25, -0.2) is 4.39 Å². The molecule has 1 aliphatic heterocycles.